The monoisotopic (exact) mass is 410 g/mol. The molecule has 0 heterocycles. The van der Waals surface area contributed by atoms with Gasteiger partial charge in [-0.05, 0) is 72.8 Å². The van der Waals surface area contributed by atoms with E-state index in [0.29, 0.717) is 33.8 Å². The summed E-state index contributed by atoms with van der Waals surface area (Å²) in [5, 5.41) is 19.1. The highest BCUT2D eigenvalue weighted by Gasteiger charge is 2.11. The van der Waals surface area contributed by atoms with Crippen LogP contribution < -0.4 is 4.74 Å². The van der Waals surface area contributed by atoms with E-state index in [9.17, 15) is 19.8 Å². The number of phenols is 2. The summed E-state index contributed by atoms with van der Waals surface area (Å²) in [4.78, 5) is 25.0. The van der Waals surface area contributed by atoms with Crippen LogP contribution in [0.4, 0.5) is 0 Å². The van der Waals surface area contributed by atoms with Crippen LogP contribution in [0.1, 0.15) is 31.8 Å². The van der Waals surface area contributed by atoms with Gasteiger partial charge in [-0.1, -0.05) is 24.3 Å². The molecule has 0 aliphatic rings. The number of hydrogen-bond acceptors (Lipinski definition) is 5. The maximum Gasteiger partial charge on any atom is 0.193 e. The van der Waals surface area contributed by atoms with Crippen molar-refractivity contribution in [3.63, 3.8) is 0 Å². The number of carbonyl (C=O) groups excluding carboxylic acids is 2. The van der Waals surface area contributed by atoms with Gasteiger partial charge in [0.15, 0.2) is 11.6 Å². The third-order valence-electron chi connectivity index (χ3n) is 4.69. The molecule has 5 nitrogen and oxygen atoms in total. The Labute approximate surface area is 178 Å². The molecule has 152 valence electrons. The number of phenolic OH excluding ortho intramolecular Hbond substituents is 2. The molecule has 4 aromatic rings. The number of ether oxygens (including phenoxy) is 1. The maximum atomic E-state index is 12.5. The highest BCUT2D eigenvalue weighted by molar-refractivity contribution is 6.09. The van der Waals surface area contributed by atoms with Crippen molar-refractivity contribution in [2.75, 3.05) is 0 Å². The van der Waals surface area contributed by atoms with Gasteiger partial charge in [0, 0.05) is 22.3 Å². The Morgan fingerprint density at radius 2 is 0.903 bits per heavy atom. The van der Waals surface area contributed by atoms with Crippen molar-refractivity contribution in [3.05, 3.63) is 119 Å². The van der Waals surface area contributed by atoms with Gasteiger partial charge in [-0.15, -0.1) is 0 Å². The van der Waals surface area contributed by atoms with E-state index in [-0.39, 0.29) is 23.1 Å². The molecule has 0 aliphatic carbocycles. The summed E-state index contributed by atoms with van der Waals surface area (Å²) in [6, 6.07) is 25.7. The molecule has 0 fully saturated rings. The normalized spacial score (nSPS) is 10.5. The van der Waals surface area contributed by atoms with Gasteiger partial charge in [-0.2, -0.15) is 0 Å². The van der Waals surface area contributed by atoms with E-state index in [1.807, 2.05) is 0 Å². The topological polar surface area (TPSA) is 83.8 Å². The summed E-state index contributed by atoms with van der Waals surface area (Å²) < 4.78 is 5.79. The van der Waals surface area contributed by atoms with E-state index in [0.717, 1.165) is 0 Å². The van der Waals surface area contributed by atoms with Gasteiger partial charge >= 0.3 is 0 Å². The van der Waals surface area contributed by atoms with Gasteiger partial charge in [0.25, 0.3) is 0 Å². The molecule has 2 N–H and O–H groups in total. The molecule has 0 spiro atoms. The molecule has 0 saturated heterocycles. The molecule has 0 aromatic heterocycles. The lowest BCUT2D eigenvalue weighted by Crippen LogP contribution is -2.01. The summed E-state index contributed by atoms with van der Waals surface area (Å²) in [5.74, 6) is 0.766. The number of aromatic hydroxyl groups is 2. The number of ketones is 2. The Hall–Kier alpha value is -4.38. The molecule has 5 heteroatoms. The quantitative estimate of drug-likeness (QED) is 0.419. The SMILES string of the molecule is O=C(c1ccc(Oc2ccc(C(=O)c3cccc(O)c3)cc2)cc1)c1cccc(O)c1. The van der Waals surface area contributed by atoms with Crippen molar-refractivity contribution >= 4 is 11.6 Å². The van der Waals surface area contributed by atoms with Crippen LogP contribution in [0.2, 0.25) is 0 Å². The van der Waals surface area contributed by atoms with Gasteiger partial charge in [0.2, 0.25) is 0 Å². The molecule has 0 aliphatic heterocycles. The number of carbonyl (C=O) groups is 2. The van der Waals surface area contributed by atoms with E-state index in [2.05, 4.69) is 0 Å². The fraction of sp³-hybridized carbons (Fsp3) is 0. The zero-order chi connectivity index (χ0) is 21.8. The average Bonchev–Trinajstić information content (AvgIpc) is 2.79. The van der Waals surface area contributed by atoms with Crippen LogP contribution in [0, 0.1) is 0 Å². The first-order valence-corrected chi connectivity index (χ1v) is 9.55. The minimum absolute atomic E-state index is 0.0387. The summed E-state index contributed by atoms with van der Waals surface area (Å²) >= 11 is 0. The molecule has 0 radical (unpaired) electrons. The lowest BCUT2D eigenvalue weighted by Gasteiger charge is -2.08. The second kappa shape index (κ2) is 8.55. The zero-order valence-corrected chi connectivity index (χ0v) is 16.4. The van der Waals surface area contributed by atoms with Gasteiger partial charge in [-0.3, -0.25) is 9.59 Å². The van der Waals surface area contributed by atoms with Crippen LogP contribution >= 0.6 is 0 Å². The number of hydrogen-bond donors (Lipinski definition) is 2. The van der Waals surface area contributed by atoms with Crippen molar-refractivity contribution in [2.45, 2.75) is 0 Å². The predicted molar refractivity (Wildman–Crippen MR) is 116 cm³/mol. The van der Waals surface area contributed by atoms with E-state index in [4.69, 9.17) is 4.74 Å². The van der Waals surface area contributed by atoms with Crippen molar-refractivity contribution in [1.82, 2.24) is 0 Å². The second-order valence-electron chi connectivity index (χ2n) is 6.91. The molecular formula is C26H18O5. The van der Waals surface area contributed by atoms with E-state index < -0.39 is 0 Å². The first-order chi connectivity index (χ1) is 15.0. The second-order valence-corrected chi connectivity index (χ2v) is 6.91. The fourth-order valence-corrected chi connectivity index (χ4v) is 3.11. The largest absolute Gasteiger partial charge is 0.508 e. The lowest BCUT2D eigenvalue weighted by molar-refractivity contribution is 0.103. The highest BCUT2D eigenvalue weighted by atomic mass is 16.5. The number of rotatable bonds is 6. The zero-order valence-electron chi connectivity index (χ0n) is 16.4. The predicted octanol–water partition coefficient (Wildman–Crippen LogP) is 5.35. The molecule has 31 heavy (non-hydrogen) atoms. The molecule has 0 amide bonds. The number of benzene rings is 4. The molecule has 4 rings (SSSR count). The van der Waals surface area contributed by atoms with Crippen LogP contribution in [0.25, 0.3) is 0 Å². The fourth-order valence-electron chi connectivity index (χ4n) is 3.11. The highest BCUT2D eigenvalue weighted by Crippen LogP contribution is 2.24. The van der Waals surface area contributed by atoms with Crippen molar-refractivity contribution in [1.29, 1.82) is 0 Å². The van der Waals surface area contributed by atoms with E-state index >= 15 is 0 Å². The molecule has 0 unspecified atom stereocenters. The molecule has 0 saturated carbocycles. The molecule has 0 atom stereocenters. The molecule has 0 bridgehead atoms. The summed E-state index contributed by atoms with van der Waals surface area (Å²) in [7, 11) is 0. The average molecular weight is 410 g/mol. The molecular weight excluding hydrogens is 392 g/mol. The maximum absolute atomic E-state index is 12.5. The van der Waals surface area contributed by atoms with Crippen LogP contribution in [0.15, 0.2) is 97.1 Å². The van der Waals surface area contributed by atoms with Crippen molar-refractivity contribution in [2.24, 2.45) is 0 Å². The Bertz CT molecular complexity index is 1140. The Morgan fingerprint density at radius 1 is 0.516 bits per heavy atom. The smallest absolute Gasteiger partial charge is 0.193 e. The lowest BCUT2D eigenvalue weighted by atomic mass is 10.0. The molecule has 4 aromatic carbocycles. The Morgan fingerprint density at radius 3 is 1.26 bits per heavy atom. The first kappa shape index (κ1) is 19.9. The third-order valence-corrected chi connectivity index (χ3v) is 4.69. The summed E-state index contributed by atoms with van der Waals surface area (Å²) in [6.07, 6.45) is 0. The van der Waals surface area contributed by atoms with Crippen LogP contribution in [-0.2, 0) is 0 Å². The van der Waals surface area contributed by atoms with Crippen molar-refractivity contribution in [3.8, 4) is 23.0 Å². The van der Waals surface area contributed by atoms with E-state index in [1.54, 1.807) is 72.8 Å². The Balaban J connectivity index is 1.45. The van der Waals surface area contributed by atoms with Crippen molar-refractivity contribution < 1.29 is 24.5 Å². The van der Waals surface area contributed by atoms with Gasteiger partial charge in [-0.25, -0.2) is 0 Å². The first-order valence-electron chi connectivity index (χ1n) is 9.55. The van der Waals surface area contributed by atoms with Crippen LogP contribution in [-0.4, -0.2) is 21.8 Å². The standard InChI is InChI=1S/C26H18O5/c27-21-5-1-3-19(15-21)25(29)17-7-11-23(12-8-17)31-24-13-9-18(10-14-24)26(30)20-4-2-6-22(28)16-20/h1-16,27-28H. The third kappa shape index (κ3) is 4.62. The minimum Gasteiger partial charge on any atom is -0.508 e. The van der Waals surface area contributed by atoms with Gasteiger partial charge < -0.3 is 14.9 Å². The van der Waals surface area contributed by atoms with Gasteiger partial charge in [0.05, 0.1) is 0 Å². The van der Waals surface area contributed by atoms with E-state index in [1.165, 1.54) is 24.3 Å². The van der Waals surface area contributed by atoms with Crippen LogP contribution in [0.3, 0.4) is 0 Å². The minimum atomic E-state index is -0.197. The van der Waals surface area contributed by atoms with Gasteiger partial charge in [0.1, 0.15) is 23.0 Å². The van der Waals surface area contributed by atoms with Crippen LogP contribution in [0.5, 0.6) is 23.0 Å². The Kier molecular flexibility index (Phi) is 5.49. The summed E-state index contributed by atoms with van der Waals surface area (Å²) in [5.41, 5.74) is 1.76. The summed E-state index contributed by atoms with van der Waals surface area (Å²) in [6.45, 7) is 0.